The van der Waals surface area contributed by atoms with Crippen LogP contribution in [0.3, 0.4) is 0 Å². The van der Waals surface area contributed by atoms with Gasteiger partial charge in [-0.1, -0.05) is 11.6 Å². The van der Waals surface area contributed by atoms with Crippen LogP contribution < -0.4 is 10.1 Å². The fourth-order valence-corrected chi connectivity index (χ4v) is 1.79. The smallest absolute Gasteiger partial charge is 0.318 e. The number of carbonyl (C=O) groups is 1. The average Bonchev–Trinajstić information content (AvgIpc) is 2.22. The number of nitrogens with one attached hydrogen (secondary N) is 1. The third-order valence-corrected chi connectivity index (χ3v) is 2.83. The first kappa shape index (κ1) is 13.9. The van der Waals surface area contributed by atoms with E-state index in [1.165, 1.54) is 0 Å². The number of halogens is 1. The molecule has 1 N–H and O–H groups in total. The maximum absolute atomic E-state index is 11.8. The van der Waals surface area contributed by atoms with Crippen LogP contribution in [0.2, 0.25) is 5.02 Å². The molecule has 2 rings (SSSR count). The Hall–Kier alpha value is -1.49. The van der Waals surface area contributed by atoms with Crippen molar-refractivity contribution in [3.05, 3.63) is 23.4 Å². The Bertz CT molecular complexity index is 450. The van der Waals surface area contributed by atoms with Gasteiger partial charge in [0, 0.05) is 17.8 Å². The Labute approximate surface area is 117 Å². The number of hydrogen-bond donors (Lipinski definition) is 1. The minimum Gasteiger partial charge on any atom is -0.471 e. The first-order valence-electron chi connectivity index (χ1n) is 6.19. The lowest BCUT2D eigenvalue weighted by atomic mass is 10.1. The van der Waals surface area contributed by atoms with E-state index in [2.05, 4.69) is 10.3 Å². The number of carbonyl (C=O) groups excluding carboxylic acids is 1. The monoisotopic (exact) mass is 283 g/mol. The molecule has 0 aromatic carbocycles. The Balaban J connectivity index is 1.77. The molecule has 0 bridgehead atoms. The highest BCUT2D eigenvalue weighted by Gasteiger charge is 2.33. The van der Waals surface area contributed by atoms with Crippen LogP contribution in [0.15, 0.2) is 18.3 Å². The molecule has 1 saturated heterocycles. The van der Waals surface area contributed by atoms with Crippen molar-refractivity contribution >= 4 is 17.6 Å². The molecule has 0 aliphatic carbocycles. The molecule has 1 aliphatic rings. The molecule has 6 heteroatoms. The van der Waals surface area contributed by atoms with Gasteiger partial charge in [-0.2, -0.15) is 0 Å². The zero-order valence-electron chi connectivity index (χ0n) is 11.3. The molecule has 1 aromatic heterocycles. The van der Waals surface area contributed by atoms with Crippen molar-refractivity contribution in [1.82, 2.24) is 15.2 Å². The molecule has 0 atom stereocenters. The second-order valence-electron chi connectivity index (χ2n) is 5.64. The van der Waals surface area contributed by atoms with Crippen LogP contribution in [-0.4, -0.2) is 40.6 Å². The molecule has 5 nitrogen and oxygen atoms in total. The van der Waals surface area contributed by atoms with Crippen molar-refractivity contribution in [3.63, 3.8) is 0 Å². The highest BCUT2D eigenvalue weighted by Crippen LogP contribution is 2.18. The van der Waals surface area contributed by atoms with Gasteiger partial charge in [0.05, 0.1) is 18.1 Å². The normalized spacial score (nSPS) is 15.9. The van der Waals surface area contributed by atoms with E-state index in [4.69, 9.17) is 16.3 Å². The van der Waals surface area contributed by atoms with Crippen molar-refractivity contribution in [3.8, 4) is 5.88 Å². The molecule has 0 radical (unpaired) electrons. The van der Waals surface area contributed by atoms with E-state index in [9.17, 15) is 4.79 Å². The Kier molecular flexibility index (Phi) is 3.85. The van der Waals surface area contributed by atoms with Crippen molar-refractivity contribution in [2.45, 2.75) is 32.4 Å². The Morgan fingerprint density at radius 2 is 2.16 bits per heavy atom. The van der Waals surface area contributed by atoms with Gasteiger partial charge < -0.3 is 15.0 Å². The third kappa shape index (κ3) is 3.99. The Morgan fingerprint density at radius 1 is 1.47 bits per heavy atom. The van der Waals surface area contributed by atoms with Gasteiger partial charge in [-0.25, -0.2) is 9.78 Å². The SMILES string of the molecule is CC(C)(C)NC(=O)N1CC(Oc2ccc(Cl)cn2)C1. The number of likely N-dealkylation sites (tertiary alicyclic amines) is 1. The minimum atomic E-state index is -0.221. The quantitative estimate of drug-likeness (QED) is 0.906. The number of pyridine rings is 1. The van der Waals surface area contributed by atoms with Gasteiger partial charge in [0.1, 0.15) is 6.10 Å². The highest BCUT2D eigenvalue weighted by molar-refractivity contribution is 6.30. The molecule has 19 heavy (non-hydrogen) atoms. The molecule has 2 amide bonds. The van der Waals surface area contributed by atoms with Gasteiger partial charge in [0.25, 0.3) is 0 Å². The van der Waals surface area contributed by atoms with E-state index in [1.54, 1.807) is 23.2 Å². The predicted molar refractivity (Wildman–Crippen MR) is 73.5 cm³/mol. The zero-order valence-corrected chi connectivity index (χ0v) is 12.1. The minimum absolute atomic E-state index is 0.000561. The first-order chi connectivity index (χ1) is 8.83. The van der Waals surface area contributed by atoms with Crippen molar-refractivity contribution in [2.75, 3.05) is 13.1 Å². The maximum atomic E-state index is 11.8. The van der Waals surface area contributed by atoms with Crippen LogP contribution in [0.1, 0.15) is 20.8 Å². The maximum Gasteiger partial charge on any atom is 0.318 e. The van der Waals surface area contributed by atoms with Crippen molar-refractivity contribution < 1.29 is 9.53 Å². The number of rotatable bonds is 2. The number of urea groups is 1. The summed E-state index contributed by atoms with van der Waals surface area (Å²) in [6.07, 6.45) is 1.54. The number of ether oxygens (including phenoxy) is 1. The predicted octanol–water partition coefficient (Wildman–Crippen LogP) is 2.31. The summed E-state index contributed by atoms with van der Waals surface area (Å²) in [6, 6.07) is 3.39. The van der Waals surface area contributed by atoms with Crippen LogP contribution in [0.5, 0.6) is 5.88 Å². The largest absolute Gasteiger partial charge is 0.471 e. The lowest BCUT2D eigenvalue weighted by Crippen LogP contribution is -2.61. The summed E-state index contributed by atoms with van der Waals surface area (Å²) >= 11 is 5.74. The fourth-order valence-electron chi connectivity index (χ4n) is 1.68. The van der Waals surface area contributed by atoms with Crippen molar-refractivity contribution in [1.29, 1.82) is 0 Å². The van der Waals surface area contributed by atoms with Crippen molar-refractivity contribution in [2.24, 2.45) is 0 Å². The van der Waals surface area contributed by atoms with Crippen LogP contribution in [0.4, 0.5) is 4.79 Å². The summed E-state index contributed by atoms with van der Waals surface area (Å²) in [5.41, 5.74) is -0.221. The average molecular weight is 284 g/mol. The number of hydrogen-bond acceptors (Lipinski definition) is 3. The van der Waals surface area contributed by atoms with Gasteiger partial charge in [0.2, 0.25) is 5.88 Å². The van der Waals surface area contributed by atoms with Gasteiger partial charge >= 0.3 is 6.03 Å². The lowest BCUT2D eigenvalue weighted by molar-refractivity contribution is 0.0393. The van der Waals surface area contributed by atoms with Crippen LogP contribution in [0.25, 0.3) is 0 Å². The molecule has 0 unspecified atom stereocenters. The highest BCUT2D eigenvalue weighted by atomic mass is 35.5. The number of aromatic nitrogens is 1. The van der Waals surface area contributed by atoms with E-state index in [0.717, 1.165) is 0 Å². The molecule has 1 aliphatic heterocycles. The van der Waals surface area contributed by atoms with Gasteiger partial charge in [-0.05, 0) is 26.8 Å². The molecule has 104 valence electrons. The second-order valence-corrected chi connectivity index (χ2v) is 6.08. The summed E-state index contributed by atoms with van der Waals surface area (Å²) in [4.78, 5) is 17.6. The van der Waals surface area contributed by atoms with Gasteiger partial charge in [-0.15, -0.1) is 0 Å². The molecule has 0 spiro atoms. The van der Waals surface area contributed by atoms with E-state index >= 15 is 0 Å². The fraction of sp³-hybridized carbons (Fsp3) is 0.538. The van der Waals surface area contributed by atoms with E-state index in [1.807, 2.05) is 20.8 Å². The van der Waals surface area contributed by atoms with Crippen LogP contribution >= 0.6 is 11.6 Å². The summed E-state index contributed by atoms with van der Waals surface area (Å²) in [6.45, 7) is 7.02. The molecule has 1 fully saturated rings. The van der Waals surface area contributed by atoms with Gasteiger partial charge in [-0.3, -0.25) is 0 Å². The third-order valence-electron chi connectivity index (χ3n) is 2.60. The molecule has 0 saturated carbocycles. The van der Waals surface area contributed by atoms with E-state index in [0.29, 0.717) is 24.0 Å². The molecular weight excluding hydrogens is 266 g/mol. The first-order valence-corrected chi connectivity index (χ1v) is 6.56. The summed E-state index contributed by atoms with van der Waals surface area (Å²) < 4.78 is 5.62. The second kappa shape index (κ2) is 5.25. The van der Waals surface area contributed by atoms with Crippen LogP contribution in [0, 0.1) is 0 Å². The standard InChI is InChI=1S/C13H18ClN3O2/c1-13(2,3)16-12(18)17-7-10(8-17)19-11-5-4-9(14)6-15-11/h4-6,10H,7-8H2,1-3H3,(H,16,18). The molecule has 2 heterocycles. The lowest BCUT2D eigenvalue weighted by Gasteiger charge is -2.40. The van der Waals surface area contributed by atoms with E-state index < -0.39 is 0 Å². The zero-order chi connectivity index (χ0) is 14.0. The summed E-state index contributed by atoms with van der Waals surface area (Å²) in [7, 11) is 0. The van der Waals surface area contributed by atoms with Gasteiger partial charge in [0.15, 0.2) is 0 Å². The number of nitrogens with zero attached hydrogens (tertiary/aromatic N) is 2. The summed E-state index contributed by atoms with van der Waals surface area (Å²) in [5, 5.41) is 3.49. The molecule has 1 aromatic rings. The topological polar surface area (TPSA) is 54.5 Å². The Morgan fingerprint density at radius 3 is 2.68 bits per heavy atom. The van der Waals surface area contributed by atoms with Crippen LogP contribution in [-0.2, 0) is 0 Å². The summed E-state index contributed by atoms with van der Waals surface area (Å²) in [5.74, 6) is 0.533. The molecular formula is C13H18ClN3O2. The number of amides is 2. The van der Waals surface area contributed by atoms with E-state index in [-0.39, 0.29) is 17.7 Å².